The van der Waals surface area contributed by atoms with E-state index in [0.29, 0.717) is 34.2 Å². The second-order valence-corrected chi connectivity index (χ2v) is 6.54. The summed E-state index contributed by atoms with van der Waals surface area (Å²) in [5.74, 6) is 1.40. The van der Waals surface area contributed by atoms with Crippen molar-refractivity contribution < 1.29 is 28.5 Å². The number of nitrogens with one attached hydrogen (secondary N) is 1. The van der Waals surface area contributed by atoms with Crippen molar-refractivity contribution in [1.82, 2.24) is 0 Å². The molecule has 0 radical (unpaired) electrons. The molecule has 152 valence electrons. The van der Waals surface area contributed by atoms with E-state index in [1.54, 1.807) is 42.5 Å². The summed E-state index contributed by atoms with van der Waals surface area (Å²) in [6.45, 7) is 1.66. The van der Waals surface area contributed by atoms with Gasteiger partial charge >= 0.3 is 5.97 Å². The number of fused-ring (bicyclic) bond motifs is 1. The molecule has 0 aliphatic carbocycles. The van der Waals surface area contributed by atoms with Crippen LogP contribution in [-0.4, -0.2) is 24.8 Å². The lowest BCUT2D eigenvalue weighted by Crippen LogP contribution is -2.30. The molecule has 1 aliphatic rings. The van der Waals surface area contributed by atoms with Gasteiger partial charge in [-0.05, 0) is 55.5 Å². The van der Waals surface area contributed by atoms with Crippen LogP contribution < -0.4 is 19.5 Å². The lowest BCUT2D eigenvalue weighted by molar-refractivity contribution is -0.123. The highest BCUT2D eigenvalue weighted by atomic mass is 16.7. The van der Waals surface area contributed by atoms with Gasteiger partial charge in [-0.2, -0.15) is 0 Å². The van der Waals surface area contributed by atoms with Crippen LogP contribution in [0.1, 0.15) is 17.3 Å². The van der Waals surface area contributed by atoms with Crippen LogP contribution in [0.2, 0.25) is 0 Å². The molecule has 0 unspecified atom stereocenters. The first-order chi connectivity index (χ1) is 14.6. The molecule has 0 bridgehead atoms. The molecule has 7 heteroatoms. The molecule has 1 amide bonds. The van der Waals surface area contributed by atoms with E-state index in [1.165, 1.54) is 6.92 Å². The summed E-state index contributed by atoms with van der Waals surface area (Å²) in [6.07, 6.45) is -0.983. The quantitative estimate of drug-likeness (QED) is 0.613. The van der Waals surface area contributed by atoms with Gasteiger partial charge in [0.25, 0.3) is 5.91 Å². The van der Waals surface area contributed by atoms with Gasteiger partial charge in [0.2, 0.25) is 6.79 Å². The standard InChI is InChI=1S/C23H19NO6/c1-15(22(25)24-17-9-12-20-21(13-17)28-14-27-20)29-23(26)16-7-10-19(11-8-16)30-18-5-3-2-4-6-18/h2-13,15H,14H2,1H3,(H,24,25)/t15-/m0/s1. The van der Waals surface area contributed by atoms with Crippen LogP contribution in [0, 0.1) is 0 Å². The van der Waals surface area contributed by atoms with Crippen LogP contribution in [0.5, 0.6) is 23.0 Å². The third-order valence-corrected chi connectivity index (χ3v) is 4.36. The second kappa shape index (κ2) is 8.57. The maximum absolute atomic E-state index is 12.4. The number of rotatable bonds is 6. The predicted molar refractivity (Wildman–Crippen MR) is 109 cm³/mol. The molecule has 0 saturated heterocycles. The van der Waals surface area contributed by atoms with Crippen molar-refractivity contribution >= 4 is 17.6 Å². The molecule has 1 N–H and O–H groups in total. The Morgan fingerprint density at radius 1 is 0.900 bits per heavy atom. The number of hydrogen-bond acceptors (Lipinski definition) is 6. The van der Waals surface area contributed by atoms with E-state index < -0.39 is 18.0 Å². The van der Waals surface area contributed by atoms with Crippen molar-refractivity contribution in [2.75, 3.05) is 12.1 Å². The SMILES string of the molecule is C[C@H](OC(=O)c1ccc(Oc2ccccc2)cc1)C(=O)Nc1ccc2c(c1)OCO2. The fourth-order valence-corrected chi connectivity index (χ4v) is 2.78. The van der Waals surface area contributed by atoms with Gasteiger partial charge in [-0.1, -0.05) is 18.2 Å². The molecule has 0 spiro atoms. The van der Waals surface area contributed by atoms with Gasteiger partial charge in [0.1, 0.15) is 11.5 Å². The van der Waals surface area contributed by atoms with Crippen LogP contribution in [0.4, 0.5) is 5.69 Å². The number of para-hydroxylation sites is 1. The molecule has 30 heavy (non-hydrogen) atoms. The number of amides is 1. The Labute approximate surface area is 173 Å². The number of hydrogen-bond donors (Lipinski definition) is 1. The first kappa shape index (κ1) is 19.3. The number of ether oxygens (including phenoxy) is 4. The molecule has 1 aliphatic heterocycles. The minimum atomic E-state index is -0.983. The summed E-state index contributed by atoms with van der Waals surface area (Å²) < 4.78 is 21.5. The van der Waals surface area contributed by atoms with Gasteiger partial charge in [0, 0.05) is 11.8 Å². The fourth-order valence-electron chi connectivity index (χ4n) is 2.78. The van der Waals surface area contributed by atoms with Crippen LogP contribution in [0.25, 0.3) is 0 Å². The van der Waals surface area contributed by atoms with Crippen molar-refractivity contribution in [2.24, 2.45) is 0 Å². The monoisotopic (exact) mass is 405 g/mol. The van der Waals surface area contributed by atoms with E-state index in [0.717, 1.165) is 0 Å². The van der Waals surface area contributed by atoms with Gasteiger partial charge < -0.3 is 24.3 Å². The molecule has 1 atom stereocenters. The van der Waals surface area contributed by atoms with Gasteiger partial charge in [0.15, 0.2) is 17.6 Å². The smallest absolute Gasteiger partial charge is 0.338 e. The molecule has 7 nitrogen and oxygen atoms in total. The van der Waals surface area contributed by atoms with Crippen LogP contribution >= 0.6 is 0 Å². The Bertz CT molecular complexity index is 1050. The summed E-state index contributed by atoms with van der Waals surface area (Å²) >= 11 is 0. The molecule has 0 fully saturated rings. The maximum Gasteiger partial charge on any atom is 0.338 e. The summed E-state index contributed by atoms with van der Waals surface area (Å²) in [6, 6.07) is 20.9. The summed E-state index contributed by atoms with van der Waals surface area (Å²) in [4.78, 5) is 24.7. The molecule has 1 heterocycles. The highest BCUT2D eigenvalue weighted by Gasteiger charge is 2.20. The van der Waals surface area contributed by atoms with Crippen LogP contribution in [0.15, 0.2) is 72.8 Å². The fraction of sp³-hybridized carbons (Fsp3) is 0.130. The predicted octanol–water partition coefficient (Wildman–Crippen LogP) is 4.39. The first-order valence-electron chi connectivity index (χ1n) is 9.33. The molecule has 0 aromatic heterocycles. The molecule has 0 saturated carbocycles. The van der Waals surface area contributed by atoms with E-state index in [4.69, 9.17) is 18.9 Å². The normalized spacial score (nSPS) is 12.7. The van der Waals surface area contributed by atoms with E-state index in [9.17, 15) is 9.59 Å². The zero-order valence-electron chi connectivity index (χ0n) is 16.2. The van der Waals surface area contributed by atoms with E-state index in [2.05, 4.69) is 5.32 Å². The molecule has 4 rings (SSSR count). The molecule has 3 aromatic carbocycles. The topological polar surface area (TPSA) is 83.1 Å². The Kier molecular flexibility index (Phi) is 5.52. The number of anilines is 1. The number of benzene rings is 3. The van der Waals surface area contributed by atoms with Crippen molar-refractivity contribution in [2.45, 2.75) is 13.0 Å². The molecule has 3 aromatic rings. The lowest BCUT2D eigenvalue weighted by atomic mass is 10.2. The average molecular weight is 405 g/mol. The Hall–Kier alpha value is -4.00. The minimum absolute atomic E-state index is 0.149. The molecular weight excluding hydrogens is 386 g/mol. The number of carbonyl (C=O) groups is 2. The van der Waals surface area contributed by atoms with E-state index in [-0.39, 0.29) is 6.79 Å². The van der Waals surface area contributed by atoms with Crippen molar-refractivity contribution in [3.63, 3.8) is 0 Å². The summed E-state index contributed by atoms with van der Waals surface area (Å²) in [5, 5.41) is 2.69. The van der Waals surface area contributed by atoms with Crippen molar-refractivity contribution in [1.29, 1.82) is 0 Å². The maximum atomic E-state index is 12.4. The van der Waals surface area contributed by atoms with Gasteiger partial charge in [0.05, 0.1) is 5.56 Å². The lowest BCUT2D eigenvalue weighted by Gasteiger charge is -2.14. The zero-order chi connectivity index (χ0) is 20.9. The first-order valence-corrected chi connectivity index (χ1v) is 9.33. The van der Waals surface area contributed by atoms with Gasteiger partial charge in [-0.15, -0.1) is 0 Å². The van der Waals surface area contributed by atoms with Crippen molar-refractivity contribution in [3.05, 3.63) is 78.4 Å². The minimum Gasteiger partial charge on any atom is -0.457 e. The largest absolute Gasteiger partial charge is 0.457 e. The highest BCUT2D eigenvalue weighted by Crippen LogP contribution is 2.34. The van der Waals surface area contributed by atoms with Crippen LogP contribution in [-0.2, 0) is 9.53 Å². The average Bonchev–Trinajstić information content (AvgIpc) is 3.23. The zero-order valence-corrected chi connectivity index (χ0v) is 16.2. The Morgan fingerprint density at radius 3 is 2.37 bits per heavy atom. The Balaban J connectivity index is 1.33. The second-order valence-electron chi connectivity index (χ2n) is 6.54. The third-order valence-electron chi connectivity index (χ3n) is 4.36. The Morgan fingerprint density at radius 2 is 1.60 bits per heavy atom. The van der Waals surface area contributed by atoms with Crippen molar-refractivity contribution in [3.8, 4) is 23.0 Å². The van der Waals surface area contributed by atoms with Gasteiger partial charge in [-0.25, -0.2) is 4.79 Å². The van der Waals surface area contributed by atoms with E-state index in [1.807, 2.05) is 30.3 Å². The number of esters is 1. The number of carbonyl (C=O) groups excluding carboxylic acids is 2. The summed E-state index contributed by atoms with van der Waals surface area (Å²) in [5.41, 5.74) is 0.840. The highest BCUT2D eigenvalue weighted by molar-refractivity contribution is 5.97. The van der Waals surface area contributed by atoms with Crippen LogP contribution in [0.3, 0.4) is 0 Å². The van der Waals surface area contributed by atoms with Gasteiger partial charge in [-0.3, -0.25) is 4.79 Å². The van der Waals surface area contributed by atoms with E-state index >= 15 is 0 Å². The third kappa shape index (κ3) is 4.52. The summed E-state index contributed by atoms with van der Waals surface area (Å²) in [7, 11) is 0. The molecular formula is C23H19NO6.